The fourth-order valence-corrected chi connectivity index (χ4v) is 5.12. The topological polar surface area (TPSA) is 50.4 Å². The summed E-state index contributed by atoms with van der Waals surface area (Å²) >= 11 is 0. The van der Waals surface area contributed by atoms with Gasteiger partial charge in [0.2, 0.25) is 5.91 Å². The summed E-state index contributed by atoms with van der Waals surface area (Å²) in [6.45, 7) is 8.22. The van der Waals surface area contributed by atoms with Gasteiger partial charge in [-0.25, -0.2) is 0 Å². The molecule has 2 N–H and O–H groups in total. The lowest BCUT2D eigenvalue weighted by atomic mass is 9.67. The summed E-state index contributed by atoms with van der Waals surface area (Å²) in [5.74, 6) is 1.15. The first kappa shape index (κ1) is 18.1. The molecule has 0 radical (unpaired) electrons. The van der Waals surface area contributed by atoms with Gasteiger partial charge in [-0.2, -0.15) is 0 Å². The molecule has 1 aromatic rings. The Labute approximate surface area is 161 Å². The molecule has 1 amide bonds. The van der Waals surface area contributed by atoms with Crippen molar-refractivity contribution in [3.63, 3.8) is 0 Å². The van der Waals surface area contributed by atoms with E-state index in [0.717, 1.165) is 12.2 Å². The molecule has 4 nitrogen and oxygen atoms in total. The van der Waals surface area contributed by atoms with Gasteiger partial charge in [0.05, 0.1) is 13.2 Å². The highest BCUT2D eigenvalue weighted by Crippen LogP contribution is 2.47. The van der Waals surface area contributed by atoms with Gasteiger partial charge in [0.1, 0.15) is 5.75 Å². The first-order valence-electron chi connectivity index (χ1n) is 9.63. The minimum Gasteiger partial charge on any atom is -0.496 e. The molecular formula is C23H28N2O2. The van der Waals surface area contributed by atoms with E-state index in [1.54, 1.807) is 14.0 Å². The van der Waals surface area contributed by atoms with E-state index in [0.29, 0.717) is 0 Å². The van der Waals surface area contributed by atoms with Gasteiger partial charge in [0.15, 0.2) is 0 Å². The van der Waals surface area contributed by atoms with Crippen molar-refractivity contribution in [2.75, 3.05) is 7.11 Å². The summed E-state index contributed by atoms with van der Waals surface area (Å²) in [5.41, 5.74) is 6.20. The maximum absolute atomic E-state index is 12.0. The number of rotatable bonds is 2. The van der Waals surface area contributed by atoms with Crippen molar-refractivity contribution in [1.29, 1.82) is 0 Å². The number of carbonyl (C=O) groups excluding carboxylic acids is 1. The van der Waals surface area contributed by atoms with E-state index in [-0.39, 0.29) is 29.4 Å². The zero-order chi connectivity index (χ0) is 19.3. The largest absolute Gasteiger partial charge is 0.496 e. The first-order valence-corrected chi connectivity index (χ1v) is 9.63. The molecule has 3 aliphatic rings. The van der Waals surface area contributed by atoms with Gasteiger partial charge in [-0.05, 0) is 50.0 Å². The van der Waals surface area contributed by atoms with Crippen molar-refractivity contribution >= 4 is 11.5 Å². The Balaban J connectivity index is 1.93. The van der Waals surface area contributed by atoms with E-state index in [2.05, 4.69) is 55.7 Å². The molecule has 0 saturated heterocycles. The van der Waals surface area contributed by atoms with Gasteiger partial charge in [-0.15, -0.1) is 0 Å². The van der Waals surface area contributed by atoms with Crippen LogP contribution < -0.4 is 15.4 Å². The van der Waals surface area contributed by atoms with E-state index < -0.39 is 0 Å². The number of hydrogen-bond acceptors (Lipinski definition) is 3. The molecule has 0 fully saturated rings. The third kappa shape index (κ3) is 3.02. The number of hydrogen-bond donors (Lipinski definition) is 2. The maximum atomic E-state index is 12.0. The van der Waals surface area contributed by atoms with Crippen LogP contribution in [0.1, 0.15) is 38.8 Å². The number of carbonyl (C=O) groups is 1. The highest BCUT2D eigenvalue weighted by Gasteiger charge is 2.42. The Hall–Kier alpha value is -2.33. The Morgan fingerprint density at radius 3 is 2.81 bits per heavy atom. The smallest absolute Gasteiger partial charge is 0.217 e. The van der Waals surface area contributed by atoms with Crippen LogP contribution in [0.25, 0.3) is 5.57 Å². The molecule has 3 atom stereocenters. The number of ether oxygens (including phenoxy) is 1. The maximum Gasteiger partial charge on any atom is 0.217 e. The van der Waals surface area contributed by atoms with Crippen LogP contribution in [0.15, 0.2) is 47.6 Å². The lowest BCUT2D eigenvalue weighted by molar-refractivity contribution is -0.119. The summed E-state index contributed by atoms with van der Waals surface area (Å²) in [5, 5.41) is 6.95. The molecule has 3 unspecified atom stereocenters. The van der Waals surface area contributed by atoms with Gasteiger partial charge >= 0.3 is 0 Å². The average molecular weight is 364 g/mol. The van der Waals surface area contributed by atoms with Crippen LogP contribution in [0.5, 0.6) is 5.75 Å². The summed E-state index contributed by atoms with van der Waals surface area (Å²) < 4.78 is 5.69. The van der Waals surface area contributed by atoms with Crippen molar-refractivity contribution in [2.45, 2.75) is 51.7 Å². The van der Waals surface area contributed by atoms with E-state index >= 15 is 0 Å². The molecule has 1 aliphatic heterocycles. The van der Waals surface area contributed by atoms with E-state index in [9.17, 15) is 4.79 Å². The van der Waals surface area contributed by atoms with Crippen molar-refractivity contribution in [1.82, 2.24) is 10.6 Å². The van der Waals surface area contributed by atoms with Gasteiger partial charge in [-0.3, -0.25) is 4.79 Å². The highest BCUT2D eigenvalue weighted by atomic mass is 16.5. The van der Waals surface area contributed by atoms with E-state index in [1.807, 2.05) is 12.1 Å². The molecule has 1 heterocycles. The second-order valence-corrected chi connectivity index (χ2v) is 8.44. The summed E-state index contributed by atoms with van der Waals surface area (Å²) in [7, 11) is 1.72. The summed E-state index contributed by atoms with van der Waals surface area (Å²) in [6.07, 6.45) is 7.60. The van der Waals surface area contributed by atoms with Crippen LogP contribution in [0, 0.1) is 5.92 Å². The van der Waals surface area contributed by atoms with Crippen molar-refractivity contribution in [2.24, 2.45) is 5.92 Å². The van der Waals surface area contributed by atoms with Crippen LogP contribution in [0.2, 0.25) is 0 Å². The molecule has 0 aromatic heterocycles. The average Bonchev–Trinajstić information content (AvgIpc) is 2.59. The van der Waals surface area contributed by atoms with Crippen LogP contribution in [0.3, 0.4) is 0 Å². The minimum atomic E-state index is -0.0403. The normalized spacial score (nSPS) is 27.9. The molecular weight excluding hydrogens is 336 g/mol. The Bertz CT molecular complexity index is 892. The molecule has 4 rings (SSSR count). The molecule has 0 bridgehead atoms. The zero-order valence-corrected chi connectivity index (χ0v) is 16.7. The highest BCUT2D eigenvalue weighted by molar-refractivity contribution is 5.87. The van der Waals surface area contributed by atoms with Crippen LogP contribution >= 0.6 is 0 Å². The van der Waals surface area contributed by atoms with Crippen molar-refractivity contribution in [3.05, 3.63) is 58.7 Å². The SMILES string of the molecule is COc1cccc2c1C1=C(C(NC(C)=O)C2)C2C(C)=CC(C)(C)NC2C=C1. The molecule has 4 heteroatoms. The van der Waals surface area contributed by atoms with Crippen molar-refractivity contribution in [3.8, 4) is 5.75 Å². The molecule has 1 aromatic carbocycles. The number of amides is 1. The number of nitrogens with one attached hydrogen (secondary N) is 2. The fourth-order valence-electron chi connectivity index (χ4n) is 5.12. The number of fused-ring (bicyclic) bond motifs is 4. The fraction of sp³-hybridized carbons (Fsp3) is 0.435. The Kier molecular flexibility index (Phi) is 4.26. The van der Waals surface area contributed by atoms with Crippen LogP contribution in [-0.4, -0.2) is 30.6 Å². The summed E-state index contributed by atoms with van der Waals surface area (Å²) in [4.78, 5) is 12.0. The third-order valence-corrected chi connectivity index (χ3v) is 5.87. The van der Waals surface area contributed by atoms with Gasteiger partial charge < -0.3 is 15.4 Å². The van der Waals surface area contributed by atoms with Crippen LogP contribution in [0.4, 0.5) is 0 Å². The molecule has 0 saturated carbocycles. The zero-order valence-electron chi connectivity index (χ0n) is 16.7. The van der Waals surface area contributed by atoms with Gasteiger partial charge in [-0.1, -0.05) is 35.9 Å². The first-order chi connectivity index (χ1) is 12.8. The monoisotopic (exact) mass is 364 g/mol. The number of allylic oxidation sites excluding steroid dienone is 2. The van der Waals surface area contributed by atoms with Crippen molar-refractivity contribution < 1.29 is 9.53 Å². The Morgan fingerprint density at radius 1 is 1.33 bits per heavy atom. The van der Waals surface area contributed by atoms with E-state index in [1.165, 1.54) is 27.8 Å². The van der Waals surface area contributed by atoms with E-state index in [4.69, 9.17) is 4.74 Å². The standard InChI is InChI=1S/C23H28N2O2/c1-13-12-23(3,4)25-17-10-9-16-21-15(7-6-8-19(21)27-5)11-18(24-14(2)26)22(16)20(13)17/h6-10,12,17-18,20,25H,11H2,1-5H3,(H,24,26). The molecule has 27 heavy (non-hydrogen) atoms. The summed E-state index contributed by atoms with van der Waals surface area (Å²) in [6, 6.07) is 6.42. The van der Waals surface area contributed by atoms with Crippen LogP contribution in [-0.2, 0) is 11.2 Å². The lowest BCUT2D eigenvalue weighted by Crippen LogP contribution is -2.55. The molecule has 2 aliphatic carbocycles. The minimum absolute atomic E-state index is 0.000850. The lowest BCUT2D eigenvalue weighted by Gasteiger charge is -2.46. The Morgan fingerprint density at radius 2 is 2.11 bits per heavy atom. The molecule has 142 valence electrons. The van der Waals surface area contributed by atoms with Gasteiger partial charge in [0, 0.05) is 30.0 Å². The second kappa shape index (κ2) is 6.38. The predicted molar refractivity (Wildman–Crippen MR) is 109 cm³/mol. The number of methoxy groups -OCH3 is 1. The second-order valence-electron chi connectivity index (χ2n) is 8.44. The predicted octanol–water partition coefficient (Wildman–Crippen LogP) is 3.39. The van der Waals surface area contributed by atoms with Gasteiger partial charge in [0.25, 0.3) is 0 Å². The number of benzene rings is 1. The quantitative estimate of drug-likeness (QED) is 0.791. The third-order valence-electron chi connectivity index (χ3n) is 5.87. The molecule has 0 spiro atoms.